The number of unbranched alkanes of at least 4 members (excludes halogenated alkanes) is 2. The van der Waals surface area contributed by atoms with E-state index in [-0.39, 0.29) is 18.0 Å². The lowest BCUT2D eigenvalue weighted by molar-refractivity contribution is 0.0927. The van der Waals surface area contributed by atoms with Crippen LogP contribution in [0, 0.1) is 5.92 Å². The summed E-state index contributed by atoms with van der Waals surface area (Å²) in [6.07, 6.45) is 1.84. The molecule has 1 aromatic carbocycles. The average Bonchev–Trinajstić information content (AvgIpc) is 2.67. The molecule has 6 nitrogen and oxygen atoms in total. The van der Waals surface area contributed by atoms with E-state index < -0.39 is 11.6 Å². The minimum Gasteiger partial charge on any atom is -0.491 e. The molecule has 0 radical (unpaired) electrons. The maximum absolute atomic E-state index is 13.5. The molecule has 0 fully saturated rings. The van der Waals surface area contributed by atoms with Crippen LogP contribution in [0.5, 0.6) is 5.75 Å². The molecule has 0 aliphatic rings. The van der Waals surface area contributed by atoms with Gasteiger partial charge in [-0.05, 0) is 45.2 Å². The summed E-state index contributed by atoms with van der Waals surface area (Å²) >= 11 is 12.5. The van der Waals surface area contributed by atoms with Gasteiger partial charge in [-0.3, -0.25) is 9.69 Å². The second-order valence-corrected chi connectivity index (χ2v) is 10.3. The number of benzene rings is 1. The van der Waals surface area contributed by atoms with Crippen LogP contribution in [-0.2, 0) is 13.1 Å². The zero-order chi connectivity index (χ0) is 24.2. The van der Waals surface area contributed by atoms with Crippen LogP contribution >= 0.6 is 23.2 Å². The number of aromatic nitrogens is 1. The van der Waals surface area contributed by atoms with E-state index in [2.05, 4.69) is 6.92 Å². The van der Waals surface area contributed by atoms with Gasteiger partial charge in [0.05, 0.1) is 34.3 Å². The molecule has 1 heterocycles. The molecule has 1 aromatic heterocycles. The first-order valence-corrected chi connectivity index (χ1v) is 11.8. The Hall–Kier alpha value is -1.92. The lowest BCUT2D eigenvalue weighted by Gasteiger charge is -2.34. The smallest absolute Gasteiger partial charge is 0.408 e. The van der Waals surface area contributed by atoms with Crippen LogP contribution in [0.4, 0.5) is 4.79 Å². The van der Waals surface area contributed by atoms with E-state index in [1.54, 1.807) is 16.7 Å². The number of hydrogen-bond acceptors (Lipinski definition) is 3. The van der Waals surface area contributed by atoms with E-state index >= 15 is 0 Å². The molecule has 0 aliphatic carbocycles. The zero-order valence-corrected chi connectivity index (χ0v) is 21.3. The van der Waals surface area contributed by atoms with Crippen LogP contribution in [0.1, 0.15) is 66.5 Å². The Morgan fingerprint density at radius 2 is 1.75 bits per heavy atom. The minimum absolute atomic E-state index is 0.0140. The molecule has 1 amide bonds. The highest BCUT2D eigenvalue weighted by molar-refractivity contribution is 6.42. The SMILES string of the molecule is CCCCCOc1c(CN(C(=O)O)C(C)(C)C)n(CC(C)C)c(=O)c2cc(Cl)c(Cl)cc12. The molecule has 0 saturated carbocycles. The quantitative estimate of drug-likeness (QED) is 0.396. The van der Waals surface area contributed by atoms with Crippen LogP contribution in [0.3, 0.4) is 0 Å². The third-order valence-corrected chi connectivity index (χ3v) is 5.98. The van der Waals surface area contributed by atoms with Crippen LogP contribution in [0.2, 0.25) is 10.0 Å². The highest BCUT2D eigenvalue weighted by Gasteiger charge is 2.30. The van der Waals surface area contributed by atoms with E-state index in [4.69, 9.17) is 27.9 Å². The number of fused-ring (bicyclic) bond motifs is 1. The molecule has 0 bridgehead atoms. The molecule has 1 N–H and O–H groups in total. The molecule has 0 aliphatic heterocycles. The first kappa shape index (κ1) is 26.3. The van der Waals surface area contributed by atoms with Gasteiger partial charge in [0.2, 0.25) is 0 Å². The van der Waals surface area contributed by atoms with Crippen molar-refractivity contribution in [1.82, 2.24) is 9.47 Å². The van der Waals surface area contributed by atoms with Gasteiger partial charge in [0, 0.05) is 17.5 Å². The molecule has 32 heavy (non-hydrogen) atoms. The van der Waals surface area contributed by atoms with Crippen LogP contribution in [0.25, 0.3) is 10.8 Å². The number of carbonyl (C=O) groups is 1. The third kappa shape index (κ3) is 6.10. The van der Waals surface area contributed by atoms with Gasteiger partial charge in [0.1, 0.15) is 5.75 Å². The van der Waals surface area contributed by atoms with Gasteiger partial charge < -0.3 is 14.4 Å². The number of carboxylic acid groups (broad SMARTS) is 1. The van der Waals surface area contributed by atoms with Gasteiger partial charge in [-0.1, -0.05) is 56.8 Å². The van der Waals surface area contributed by atoms with E-state index in [0.29, 0.717) is 45.4 Å². The zero-order valence-electron chi connectivity index (χ0n) is 19.8. The molecule has 2 rings (SSSR count). The Kier molecular flexibility index (Phi) is 8.89. The molecule has 178 valence electrons. The van der Waals surface area contributed by atoms with Crippen molar-refractivity contribution in [1.29, 1.82) is 0 Å². The van der Waals surface area contributed by atoms with Crippen molar-refractivity contribution in [2.75, 3.05) is 6.61 Å². The second kappa shape index (κ2) is 10.8. The Labute approximate surface area is 200 Å². The summed E-state index contributed by atoms with van der Waals surface area (Å²) in [5, 5.41) is 11.5. The molecule has 8 heteroatoms. The summed E-state index contributed by atoms with van der Waals surface area (Å²) in [6, 6.07) is 3.21. The Balaban J connectivity index is 2.84. The number of pyridine rings is 1. The predicted octanol–water partition coefficient (Wildman–Crippen LogP) is 6.81. The Morgan fingerprint density at radius 3 is 2.25 bits per heavy atom. The molecule has 2 aromatic rings. The molecule has 0 saturated heterocycles. The summed E-state index contributed by atoms with van der Waals surface area (Å²) in [5.41, 5.74) is -0.373. The van der Waals surface area contributed by atoms with Crippen LogP contribution < -0.4 is 10.3 Å². The van der Waals surface area contributed by atoms with Gasteiger partial charge in [0.15, 0.2) is 0 Å². The van der Waals surface area contributed by atoms with Gasteiger partial charge >= 0.3 is 6.09 Å². The van der Waals surface area contributed by atoms with Crippen molar-refractivity contribution >= 4 is 40.1 Å². The maximum atomic E-state index is 13.5. The topological polar surface area (TPSA) is 71.8 Å². The standard InChI is InChI=1S/C24H34Cl2N2O4/c1-7-8-9-10-32-21-16-11-18(25)19(26)12-17(16)22(29)27(13-15(2)3)20(21)14-28(23(30)31)24(4,5)6/h11-12,15H,7-10,13-14H2,1-6H3,(H,30,31). The number of ether oxygens (including phenoxy) is 1. The first-order chi connectivity index (χ1) is 14.9. The van der Waals surface area contributed by atoms with Crippen molar-refractivity contribution in [3.05, 3.63) is 38.2 Å². The molecule has 0 spiro atoms. The summed E-state index contributed by atoms with van der Waals surface area (Å²) in [7, 11) is 0. The summed E-state index contributed by atoms with van der Waals surface area (Å²) in [4.78, 5) is 26.9. The van der Waals surface area contributed by atoms with E-state index in [1.807, 2.05) is 34.6 Å². The number of rotatable bonds is 9. The highest BCUT2D eigenvalue weighted by Crippen LogP contribution is 2.35. The van der Waals surface area contributed by atoms with Gasteiger partial charge in [-0.25, -0.2) is 4.79 Å². The minimum atomic E-state index is -1.06. The second-order valence-electron chi connectivity index (χ2n) is 9.49. The monoisotopic (exact) mass is 484 g/mol. The van der Waals surface area contributed by atoms with E-state index in [9.17, 15) is 14.7 Å². The van der Waals surface area contributed by atoms with Gasteiger partial charge in [-0.15, -0.1) is 0 Å². The predicted molar refractivity (Wildman–Crippen MR) is 131 cm³/mol. The number of amides is 1. The van der Waals surface area contributed by atoms with Crippen molar-refractivity contribution in [3.8, 4) is 5.75 Å². The summed E-state index contributed by atoms with van der Waals surface area (Å²) in [6.45, 7) is 12.5. The molecule has 0 atom stereocenters. The lowest BCUT2D eigenvalue weighted by atomic mass is 10.0. The fraction of sp³-hybridized carbons (Fsp3) is 0.583. The third-order valence-electron chi connectivity index (χ3n) is 5.26. The fourth-order valence-electron chi connectivity index (χ4n) is 3.60. The van der Waals surface area contributed by atoms with Crippen molar-refractivity contribution in [2.24, 2.45) is 5.92 Å². The highest BCUT2D eigenvalue weighted by atomic mass is 35.5. The normalized spacial score (nSPS) is 11.9. The van der Waals surface area contributed by atoms with Crippen LogP contribution in [0.15, 0.2) is 16.9 Å². The average molecular weight is 485 g/mol. The summed E-state index contributed by atoms with van der Waals surface area (Å²) < 4.78 is 7.87. The number of halogens is 2. The molecular weight excluding hydrogens is 451 g/mol. The lowest BCUT2D eigenvalue weighted by Crippen LogP contribution is -2.45. The maximum Gasteiger partial charge on any atom is 0.408 e. The fourth-order valence-corrected chi connectivity index (χ4v) is 3.93. The van der Waals surface area contributed by atoms with Crippen molar-refractivity contribution < 1.29 is 14.6 Å². The van der Waals surface area contributed by atoms with E-state index in [1.165, 1.54) is 4.90 Å². The number of hydrogen-bond donors (Lipinski definition) is 1. The number of nitrogens with zero attached hydrogens (tertiary/aromatic N) is 2. The first-order valence-electron chi connectivity index (χ1n) is 11.1. The summed E-state index contributed by atoms with van der Waals surface area (Å²) in [5.74, 6) is 0.651. The van der Waals surface area contributed by atoms with Gasteiger partial charge in [0.25, 0.3) is 5.56 Å². The largest absolute Gasteiger partial charge is 0.491 e. The van der Waals surface area contributed by atoms with E-state index in [0.717, 1.165) is 19.3 Å². The molecule has 0 unspecified atom stereocenters. The van der Waals surface area contributed by atoms with Gasteiger partial charge in [-0.2, -0.15) is 0 Å². The van der Waals surface area contributed by atoms with Crippen molar-refractivity contribution in [3.63, 3.8) is 0 Å². The Morgan fingerprint density at radius 1 is 1.16 bits per heavy atom. The van der Waals surface area contributed by atoms with Crippen molar-refractivity contribution in [2.45, 2.75) is 79.4 Å². The van der Waals surface area contributed by atoms with Crippen LogP contribution in [-0.4, -0.2) is 32.8 Å². The Bertz CT molecular complexity index is 1030. The molecular formula is C24H34Cl2N2O4.